The zero-order valence-corrected chi connectivity index (χ0v) is 14.6. The summed E-state index contributed by atoms with van der Waals surface area (Å²) in [5, 5.41) is 4.39. The van der Waals surface area contributed by atoms with Crippen LogP contribution in [0.15, 0.2) is 6.20 Å². The highest BCUT2D eigenvalue weighted by molar-refractivity contribution is 6.48. The first kappa shape index (κ1) is 19.5. The van der Waals surface area contributed by atoms with Crippen molar-refractivity contribution < 1.29 is 19.1 Å². The number of aromatic nitrogens is 1. The van der Waals surface area contributed by atoms with Gasteiger partial charge < -0.3 is 10.1 Å². The highest BCUT2D eigenvalue weighted by atomic mass is 35.5. The summed E-state index contributed by atoms with van der Waals surface area (Å²) in [5.74, 6) is -1.76. The van der Waals surface area contributed by atoms with Crippen LogP contribution in [0, 0.1) is 0 Å². The number of urea groups is 1. The van der Waals surface area contributed by atoms with E-state index in [2.05, 4.69) is 10.3 Å². The lowest BCUT2D eigenvalue weighted by molar-refractivity contribution is -0.123. The van der Waals surface area contributed by atoms with Crippen LogP contribution < -0.4 is 10.6 Å². The zero-order valence-electron chi connectivity index (χ0n) is 12.3. The quantitative estimate of drug-likeness (QED) is 0.763. The van der Waals surface area contributed by atoms with Crippen LogP contribution in [0.2, 0.25) is 15.1 Å². The Morgan fingerprint density at radius 1 is 1.26 bits per heavy atom. The molecule has 10 heteroatoms. The SMILES string of the molecule is CC[C@@H](C)NC(=O)NC(=O)COC(=O)c1ncc(Cl)c(Cl)c1Cl. The summed E-state index contributed by atoms with van der Waals surface area (Å²) in [6.45, 7) is 2.98. The summed E-state index contributed by atoms with van der Waals surface area (Å²) in [4.78, 5) is 38.4. The first-order valence-corrected chi connectivity index (χ1v) is 7.66. The predicted octanol–water partition coefficient (Wildman–Crippen LogP) is 2.82. The van der Waals surface area contributed by atoms with E-state index in [0.717, 1.165) is 6.20 Å². The van der Waals surface area contributed by atoms with E-state index < -0.39 is 24.5 Å². The first-order valence-electron chi connectivity index (χ1n) is 6.53. The first-order chi connectivity index (χ1) is 10.8. The molecule has 1 rings (SSSR count). The molecule has 7 nitrogen and oxygen atoms in total. The maximum absolute atomic E-state index is 11.8. The normalized spacial score (nSPS) is 11.5. The number of hydrogen-bond donors (Lipinski definition) is 2. The van der Waals surface area contributed by atoms with Gasteiger partial charge in [0.15, 0.2) is 12.3 Å². The van der Waals surface area contributed by atoms with E-state index in [9.17, 15) is 14.4 Å². The lowest BCUT2D eigenvalue weighted by Crippen LogP contribution is -2.44. The second kappa shape index (κ2) is 8.90. The molecule has 1 aromatic rings. The number of imide groups is 1. The Labute approximate surface area is 147 Å². The molecule has 3 amide bonds. The van der Waals surface area contributed by atoms with Crippen molar-refractivity contribution in [3.05, 3.63) is 27.0 Å². The second-order valence-electron chi connectivity index (χ2n) is 4.49. The molecule has 0 unspecified atom stereocenters. The summed E-state index contributed by atoms with van der Waals surface area (Å²) >= 11 is 17.3. The molecule has 2 N–H and O–H groups in total. The van der Waals surface area contributed by atoms with E-state index in [1.807, 2.05) is 12.2 Å². The summed E-state index contributed by atoms with van der Waals surface area (Å²) in [7, 11) is 0. The van der Waals surface area contributed by atoms with Gasteiger partial charge in [-0.05, 0) is 13.3 Å². The number of esters is 1. The van der Waals surface area contributed by atoms with Gasteiger partial charge in [0.2, 0.25) is 0 Å². The van der Waals surface area contributed by atoms with Gasteiger partial charge in [0, 0.05) is 12.2 Å². The maximum atomic E-state index is 11.8. The summed E-state index contributed by atoms with van der Waals surface area (Å²) in [6.07, 6.45) is 1.84. The standard InChI is InChI=1S/C13H14Cl3N3O4/c1-3-6(2)18-13(22)19-8(20)5-23-12(21)11-10(16)9(15)7(14)4-17-11/h4,6H,3,5H2,1-2H3,(H2,18,19,20,22)/t6-/m1/s1. The summed E-state index contributed by atoms with van der Waals surface area (Å²) < 4.78 is 4.72. The Morgan fingerprint density at radius 2 is 1.91 bits per heavy atom. The van der Waals surface area contributed by atoms with Crippen molar-refractivity contribution in [3.63, 3.8) is 0 Å². The van der Waals surface area contributed by atoms with Gasteiger partial charge in [0.1, 0.15) is 0 Å². The van der Waals surface area contributed by atoms with Crippen LogP contribution in [0.5, 0.6) is 0 Å². The molecular weight excluding hydrogens is 369 g/mol. The topological polar surface area (TPSA) is 97.4 Å². The van der Waals surface area contributed by atoms with E-state index in [-0.39, 0.29) is 26.8 Å². The Kier molecular flexibility index (Phi) is 7.54. The van der Waals surface area contributed by atoms with E-state index in [1.165, 1.54) is 0 Å². The van der Waals surface area contributed by atoms with Crippen LogP contribution in [-0.2, 0) is 9.53 Å². The Hall–Kier alpha value is -1.57. The van der Waals surface area contributed by atoms with Gasteiger partial charge in [-0.25, -0.2) is 14.6 Å². The number of rotatable bonds is 5. The monoisotopic (exact) mass is 381 g/mol. The maximum Gasteiger partial charge on any atom is 0.359 e. The van der Waals surface area contributed by atoms with Crippen molar-refractivity contribution in [3.8, 4) is 0 Å². The molecule has 1 heterocycles. The van der Waals surface area contributed by atoms with Crippen molar-refractivity contribution in [1.82, 2.24) is 15.6 Å². The summed E-state index contributed by atoms with van der Waals surface area (Å²) in [5.41, 5.74) is -0.280. The molecule has 0 saturated heterocycles. The van der Waals surface area contributed by atoms with Crippen LogP contribution >= 0.6 is 34.8 Å². The van der Waals surface area contributed by atoms with Crippen molar-refractivity contribution in [2.45, 2.75) is 26.3 Å². The minimum absolute atomic E-state index is 0.0485. The van der Waals surface area contributed by atoms with E-state index in [0.29, 0.717) is 6.42 Å². The third-order valence-electron chi connectivity index (χ3n) is 2.69. The van der Waals surface area contributed by atoms with Gasteiger partial charge in [-0.15, -0.1) is 0 Å². The van der Waals surface area contributed by atoms with Crippen molar-refractivity contribution >= 4 is 52.7 Å². The lowest BCUT2D eigenvalue weighted by Gasteiger charge is -2.12. The molecule has 0 aromatic carbocycles. The van der Waals surface area contributed by atoms with Crippen LogP contribution in [0.1, 0.15) is 30.8 Å². The number of carbonyl (C=O) groups excluding carboxylic acids is 3. The average molecular weight is 383 g/mol. The number of amides is 3. The number of nitrogens with one attached hydrogen (secondary N) is 2. The lowest BCUT2D eigenvalue weighted by atomic mass is 10.3. The average Bonchev–Trinajstić information content (AvgIpc) is 2.50. The fourth-order valence-electron chi connectivity index (χ4n) is 1.31. The van der Waals surface area contributed by atoms with E-state index in [4.69, 9.17) is 39.5 Å². The molecule has 0 bridgehead atoms. The predicted molar refractivity (Wildman–Crippen MR) is 86.0 cm³/mol. The number of halogens is 3. The smallest absolute Gasteiger partial charge is 0.359 e. The van der Waals surface area contributed by atoms with Gasteiger partial charge in [-0.1, -0.05) is 41.7 Å². The minimum atomic E-state index is -0.967. The van der Waals surface area contributed by atoms with Crippen molar-refractivity contribution in [2.24, 2.45) is 0 Å². The number of pyridine rings is 1. The molecule has 0 aliphatic carbocycles. The van der Waals surface area contributed by atoms with Crippen LogP contribution in [0.25, 0.3) is 0 Å². The Bertz CT molecular complexity index is 625. The molecule has 0 saturated carbocycles. The van der Waals surface area contributed by atoms with Crippen molar-refractivity contribution in [1.29, 1.82) is 0 Å². The molecule has 1 aromatic heterocycles. The van der Waals surface area contributed by atoms with Crippen molar-refractivity contribution in [2.75, 3.05) is 6.61 Å². The zero-order chi connectivity index (χ0) is 17.6. The largest absolute Gasteiger partial charge is 0.451 e. The highest BCUT2D eigenvalue weighted by Crippen LogP contribution is 2.31. The van der Waals surface area contributed by atoms with Crippen LogP contribution in [0.3, 0.4) is 0 Å². The molecule has 1 atom stereocenters. The number of hydrogen-bond acceptors (Lipinski definition) is 5. The Balaban J connectivity index is 2.55. The molecule has 0 aliphatic rings. The fraction of sp³-hybridized carbons (Fsp3) is 0.385. The minimum Gasteiger partial charge on any atom is -0.451 e. The second-order valence-corrected chi connectivity index (χ2v) is 5.65. The molecular formula is C13H14Cl3N3O4. The van der Waals surface area contributed by atoms with Gasteiger partial charge in [0.05, 0.1) is 15.1 Å². The molecule has 0 aliphatic heterocycles. The Morgan fingerprint density at radius 3 is 2.52 bits per heavy atom. The van der Waals surface area contributed by atoms with E-state index >= 15 is 0 Å². The van der Waals surface area contributed by atoms with Gasteiger partial charge in [-0.2, -0.15) is 0 Å². The van der Waals surface area contributed by atoms with E-state index in [1.54, 1.807) is 6.92 Å². The van der Waals surface area contributed by atoms with Crippen LogP contribution in [0.4, 0.5) is 4.79 Å². The van der Waals surface area contributed by atoms with Gasteiger partial charge in [-0.3, -0.25) is 10.1 Å². The number of nitrogens with zero attached hydrogens (tertiary/aromatic N) is 1. The molecule has 23 heavy (non-hydrogen) atoms. The number of ether oxygens (including phenoxy) is 1. The van der Waals surface area contributed by atoms with Gasteiger partial charge >= 0.3 is 12.0 Å². The molecule has 126 valence electrons. The number of carbonyl (C=O) groups is 3. The van der Waals surface area contributed by atoms with Gasteiger partial charge in [0.25, 0.3) is 5.91 Å². The van der Waals surface area contributed by atoms with Crippen LogP contribution in [-0.4, -0.2) is 35.5 Å². The molecule has 0 spiro atoms. The molecule has 0 radical (unpaired) electrons. The molecule has 0 fully saturated rings. The fourth-order valence-corrected chi connectivity index (χ4v) is 1.87. The highest BCUT2D eigenvalue weighted by Gasteiger charge is 2.20. The summed E-state index contributed by atoms with van der Waals surface area (Å²) in [6, 6.07) is -0.768. The third-order valence-corrected chi connectivity index (χ3v) is 3.93. The third kappa shape index (κ3) is 5.85.